The topological polar surface area (TPSA) is 71.1 Å². The summed E-state index contributed by atoms with van der Waals surface area (Å²) in [4.78, 5) is 24.3. The van der Waals surface area contributed by atoms with Gasteiger partial charge < -0.3 is 14.8 Å². The summed E-state index contributed by atoms with van der Waals surface area (Å²) < 4.78 is 11.6. The number of hydrogen-bond acceptors (Lipinski definition) is 5. The maximum atomic E-state index is 12.4. The standard InChI is InChI=1S/C20H29N3O4/c1-4-21-19(24)13-23-20(25)12-16(22(23)2)14-9-10-17(26-3)18(11-14)27-15-7-5-6-8-15/h9-11,15-16H,4-8,12-13H2,1-3H3,(H,21,24). The fourth-order valence-corrected chi connectivity index (χ4v) is 3.85. The molecule has 0 radical (unpaired) electrons. The van der Waals surface area contributed by atoms with Crippen molar-refractivity contribution in [3.63, 3.8) is 0 Å². The van der Waals surface area contributed by atoms with Crippen LogP contribution in [0, 0.1) is 0 Å². The van der Waals surface area contributed by atoms with E-state index >= 15 is 0 Å². The summed E-state index contributed by atoms with van der Waals surface area (Å²) in [6.45, 7) is 2.45. The number of carbonyl (C=O) groups excluding carboxylic acids is 2. The number of hydrazine groups is 1. The number of nitrogens with zero attached hydrogens (tertiary/aromatic N) is 2. The van der Waals surface area contributed by atoms with E-state index in [1.165, 1.54) is 17.9 Å². The average molecular weight is 375 g/mol. The number of amides is 2. The number of likely N-dealkylation sites (N-methyl/N-ethyl adjacent to an activating group) is 1. The fourth-order valence-electron chi connectivity index (χ4n) is 3.85. The summed E-state index contributed by atoms with van der Waals surface area (Å²) in [6, 6.07) is 5.71. The maximum absolute atomic E-state index is 12.4. The number of rotatable bonds is 7. The van der Waals surface area contributed by atoms with Gasteiger partial charge >= 0.3 is 0 Å². The second kappa shape index (κ2) is 8.61. The van der Waals surface area contributed by atoms with Crippen molar-refractivity contribution in [2.45, 2.75) is 51.2 Å². The van der Waals surface area contributed by atoms with Gasteiger partial charge in [-0.25, -0.2) is 5.01 Å². The van der Waals surface area contributed by atoms with E-state index < -0.39 is 0 Å². The third kappa shape index (κ3) is 4.35. The highest BCUT2D eigenvalue weighted by molar-refractivity contribution is 5.85. The first kappa shape index (κ1) is 19.5. The second-order valence-electron chi connectivity index (χ2n) is 7.13. The van der Waals surface area contributed by atoms with Crippen LogP contribution in [0.25, 0.3) is 0 Å². The zero-order chi connectivity index (χ0) is 19.4. The van der Waals surface area contributed by atoms with Gasteiger partial charge in [-0.15, -0.1) is 0 Å². The van der Waals surface area contributed by atoms with Crippen LogP contribution in [0.2, 0.25) is 0 Å². The third-order valence-electron chi connectivity index (χ3n) is 5.32. The molecular formula is C20H29N3O4. The highest BCUT2D eigenvalue weighted by atomic mass is 16.5. The van der Waals surface area contributed by atoms with E-state index in [2.05, 4.69) is 5.32 Å². The minimum Gasteiger partial charge on any atom is -0.493 e. The molecule has 7 heteroatoms. The molecular weight excluding hydrogens is 346 g/mol. The van der Waals surface area contributed by atoms with Gasteiger partial charge in [0.05, 0.1) is 19.3 Å². The van der Waals surface area contributed by atoms with Crippen LogP contribution in [0.3, 0.4) is 0 Å². The SMILES string of the molecule is CCNC(=O)CN1C(=O)CC(c2ccc(OC)c(OC3CCCC3)c2)N1C. The highest BCUT2D eigenvalue weighted by Gasteiger charge is 2.37. The second-order valence-corrected chi connectivity index (χ2v) is 7.13. The molecule has 2 fully saturated rings. The Morgan fingerprint density at radius 1 is 1.26 bits per heavy atom. The number of ether oxygens (including phenoxy) is 2. The van der Waals surface area contributed by atoms with Gasteiger partial charge in [0.25, 0.3) is 0 Å². The normalized spacial score (nSPS) is 20.9. The lowest BCUT2D eigenvalue weighted by atomic mass is 10.0. The van der Waals surface area contributed by atoms with Crippen molar-refractivity contribution in [3.05, 3.63) is 23.8 Å². The largest absolute Gasteiger partial charge is 0.493 e. The molecule has 1 heterocycles. The van der Waals surface area contributed by atoms with Crippen molar-refractivity contribution < 1.29 is 19.1 Å². The Morgan fingerprint density at radius 3 is 2.67 bits per heavy atom. The van der Waals surface area contributed by atoms with Crippen molar-refractivity contribution in [1.82, 2.24) is 15.3 Å². The maximum Gasteiger partial charge on any atom is 0.241 e. The Balaban J connectivity index is 1.77. The van der Waals surface area contributed by atoms with E-state index in [9.17, 15) is 9.59 Å². The number of carbonyl (C=O) groups is 2. The van der Waals surface area contributed by atoms with Crippen LogP contribution in [0.1, 0.15) is 50.6 Å². The molecule has 1 aliphatic carbocycles. The zero-order valence-electron chi connectivity index (χ0n) is 16.4. The van der Waals surface area contributed by atoms with Crippen LogP contribution in [0.5, 0.6) is 11.5 Å². The van der Waals surface area contributed by atoms with Gasteiger partial charge in [0.1, 0.15) is 6.54 Å². The van der Waals surface area contributed by atoms with E-state index in [0.717, 1.165) is 24.2 Å². The quantitative estimate of drug-likeness (QED) is 0.792. The molecule has 7 nitrogen and oxygen atoms in total. The predicted molar refractivity (Wildman–Crippen MR) is 101 cm³/mol. The smallest absolute Gasteiger partial charge is 0.241 e. The van der Waals surface area contributed by atoms with Gasteiger partial charge in [0.15, 0.2) is 11.5 Å². The molecule has 1 atom stereocenters. The Kier molecular flexibility index (Phi) is 6.21. The minimum atomic E-state index is -0.154. The van der Waals surface area contributed by atoms with Crippen LogP contribution in [0.4, 0.5) is 0 Å². The Hall–Kier alpha value is -2.28. The molecule has 148 valence electrons. The Morgan fingerprint density at radius 2 is 2.00 bits per heavy atom. The van der Waals surface area contributed by atoms with E-state index in [1.54, 1.807) is 7.11 Å². The fraction of sp³-hybridized carbons (Fsp3) is 0.600. The van der Waals surface area contributed by atoms with E-state index in [-0.39, 0.29) is 30.5 Å². The molecule has 1 saturated heterocycles. The summed E-state index contributed by atoms with van der Waals surface area (Å²) in [7, 11) is 3.48. The van der Waals surface area contributed by atoms with Crippen LogP contribution in [-0.4, -0.2) is 55.2 Å². The molecule has 1 saturated carbocycles. The first-order chi connectivity index (χ1) is 13.0. The molecule has 1 N–H and O–H groups in total. The lowest BCUT2D eigenvalue weighted by molar-refractivity contribution is -0.143. The molecule has 27 heavy (non-hydrogen) atoms. The van der Waals surface area contributed by atoms with E-state index in [0.29, 0.717) is 18.7 Å². The summed E-state index contributed by atoms with van der Waals surface area (Å²) in [5, 5.41) is 6.09. The van der Waals surface area contributed by atoms with Crippen LogP contribution < -0.4 is 14.8 Å². The Bertz CT molecular complexity index is 688. The van der Waals surface area contributed by atoms with Crippen LogP contribution in [-0.2, 0) is 9.59 Å². The molecule has 3 rings (SSSR count). The molecule has 1 aromatic rings. The van der Waals surface area contributed by atoms with Crippen LogP contribution >= 0.6 is 0 Å². The number of benzene rings is 1. The van der Waals surface area contributed by atoms with Crippen molar-refractivity contribution in [2.24, 2.45) is 0 Å². The third-order valence-corrected chi connectivity index (χ3v) is 5.32. The Labute approximate surface area is 160 Å². The average Bonchev–Trinajstić information content (AvgIpc) is 3.25. The van der Waals surface area contributed by atoms with Gasteiger partial charge in [-0.2, -0.15) is 0 Å². The molecule has 1 aliphatic heterocycles. The zero-order valence-corrected chi connectivity index (χ0v) is 16.4. The molecule has 0 aromatic heterocycles. The molecule has 2 aliphatic rings. The van der Waals surface area contributed by atoms with E-state index in [4.69, 9.17) is 9.47 Å². The first-order valence-corrected chi connectivity index (χ1v) is 9.67. The minimum absolute atomic E-state index is 0.0429. The summed E-state index contributed by atoms with van der Waals surface area (Å²) >= 11 is 0. The lowest BCUT2D eigenvalue weighted by Crippen LogP contribution is -2.44. The highest BCUT2D eigenvalue weighted by Crippen LogP contribution is 2.38. The lowest BCUT2D eigenvalue weighted by Gasteiger charge is -2.28. The van der Waals surface area contributed by atoms with Crippen molar-refractivity contribution in [2.75, 3.05) is 27.2 Å². The van der Waals surface area contributed by atoms with Gasteiger partial charge in [0, 0.05) is 20.0 Å². The molecule has 1 unspecified atom stereocenters. The van der Waals surface area contributed by atoms with Crippen molar-refractivity contribution in [1.29, 1.82) is 0 Å². The first-order valence-electron chi connectivity index (χ1n) is 9.67. The molecule has 0 bridgehead atoms. The van der Waals surface area contributed by atoms with Gasteiger partial charge in [-0.3, -0.25) is 14.6 Å². The van der Waals surface area contributed by atoms with Crippen LogP contribution in [0.15, 0.2) is 18.2 Å². The van der Waals surface area contributed by atoms with Crippen molar-refractivity contribution >= 4 is 11.8 Å². The number of methoxy groups -OCH3 is 1. The number of hydrogen-bond donors (Lipinski definition) is 1. The molecule has 2 amide bonds. The van der Waals surface area contributed by atoms with Gasteiger partial charge in [0.2, 0.25) is 11.8 Å². The predicted octanol–water partition coefficient (Wildman–Crippen LogP) is 2.27. The number of nitrogens with one attached hydrogen (secondary N) is 1. The van der Waals surface area contributed by atoms with Crippen molar-refractivity contribution in [3.8, 4) is 11.5 Å². The molecule has 1 aromatic carbocycles. The monoisotopic (exact) mass is 375 g/mol. The summed E-state index contributed by atoms with van der Waals surface area (Å²) in [6.07, 6.45) is 5.09. The van der Waals surface area contributed by atoms with Gasteiger partial charge in [-0.05, 0) is 50.3 Å². The summed E-state index contributed by atoms with van der Waals surface area (Å²) in [5.74, 6) is 1.22. The summed E-state index contributed by atoms with van der Waals surface area (Å²) in [5.41, 5.74) is 0.984. The van der Waals surface area contributed by atoms with E-state index in [1.807, 2.05) is 37.2 Å². The molecule has 0 spiro atoms. The van der Waals surface area contributed by atoms with Gasteiger partial charge in [-0.1, -0.05) is 6.07 Å².